The van der Waals surface area contributed by atoms with Crippen molar-refractivity contribution in [3.63, 3.8) is 0 Å². The Bertz CT molecular complexity index is 317. The molecule has 1 aromatic carbocycles. The summed E-state index contributed by atoms with van der Waals surface area (Å²) in [5.41, 5.74) is 0. The second-order valence-corrected chi connectivity index (χ2v) is 4.43. The molecule has 0 saturated carbocycles. The Morgan fingerprint density at radius 3 is 2.73 bits per heavy atom. The maximum Gasteiger partial charge on any atom is 0.133 e. The molecule has 0 radical (unpaired) electrons. The lowest BCUT2D eigenvalue weighted by Crippen LogP contribution is -2.15. The fourth-order valence-electron chi connectivity index (χ4n) is 1.16. The third-order valence-corrected chi connectivity index (χ3v) is 2.52. The van der Waals surface area contributed by atoms with Gasteiger partial charge in [0.1, 0.15) is 11.6 Å². The van der Waals surface area contributed by atoms with Crippen molar-refractivity contribution in [3.05, 3.63) is 28.5 Å². The highest BCUT2D eigenvalue weighted by Gasteiger charge is 2.02. The van der Waals surface area contributed by atoms with Crippen LogP contribution in [-0.2, 0) is 0 Å². The SMILES string of the molecule is CN(C)CCCOc1ccc(F)cc1Br. The highest BCUT2D eigenvalue weighted by molar-refractivity contribution is 9.10. The van der Waals surface area contributed by atoms with Gasteiger partial charge in [0.15, 0.2) is 0 Å². The number of ether oxygens (including phenoxy) is 1. The Morgan fingerprint density at radius 1 is 1.40 bits per heavy atom. The van der Waals surface area contributed by atoms with E-state index in [1.54, 1.807) is 6.07 Å². The van der Waals surface area contributed by atoms with Crippen molar-refractivity contribution in [2.45, 2.75) is 6.42 Å². The molecule has 0 heterocycles. The minimum Gasteiger partial charge on any atom is -0.492 e. The van der Waals surface area contributed by atoms with E-state index in [-0.39, 0.29) is 5.82 Å². The smallest absolute Gasteiger partial charge is 0.133 e. The van der Waals surface area contributed by atoms with Crippen LogP contribution in [-0.4, -0.2) is 32.1 Å². The molecule has 0 unspecified atom stereocenters. The van der Waals surface area contributed by atoms with Gasteiger partial charge >= 0.3 is 0 Å². The van der Waals surface area contributed by atoms with Gasteiger partial charge in [-0.05, 0) is 54.6 Å². The maximum absolute atomic E-state index is 12.7. The molecule has 0 fully saturated rings. The van der Waals surface area contributed by atoms with E-state index in [0.717, 1.165) is 13.0 Å². The summed E-state index contributed by atoms with van der Waals surface area (Å²) in [5, 5.41) is 0. The van der Waals surface area contributed by atoms with Crippen molar-refractivity contribution < 1.29 is 9.13 Å². The molecule has 4 heteroatoms. The Balaban J connectivity index is 2.37. The second kappa shape index (κ2) is 6.08. The standard InChI is InChI=1S/C11H15BrFNO/c1-14(2)6-3-7-15-11-5-4-9(13)8-10(11)12/h4-5,8H,3,6-7H2,1-2H3. The summed E-state index contributed by atoms with van der Waals surface area (Å²) < 4.78 is 18.9. The monoisotopic (exact) mass is 275 g/mol. The largest absolute Gasteiger partial charge is 0.492 e. The summed E-state index contributed by atoms with van der Waals surface area (Å²) in [7, 11) is 4.04. The fraction of sp³-hybridized carbons (Fsp3) is 0.455. The van der Waals surface area contributed by atoms with Gasteiger partial charge in [-0.25, -0.2) is 4.39 Å². The van der Waals surface area contributed by atoms with Crippen LogP contribution in [0, 0.1) is 5.82 Å². The molecule has 0 aliphatic carbocycles. The van der Waals surface area contributed by atoms with Gasteiger partial charge in [0.05, 0.1) is 11.1 Å². The summed E-state index contributed by atoms with van der Waals surface area (Å²) in [4.78, 5) is 2.10. The number of halogens is 2. The molecule has 1 rings (SSSR count). The normalized spacial score (nSPS) is 10.7. The van der Waals surface area contributed by atoms with Crippen LogP contribution >= 0.6 is 15.9 Å². The molecule has 2 nitrogen and oxygen atoms in total. The zero-order chi connectivity index (χ0) is 11.3. The van der Waals surface area contributed by atoms with Crippen LogP contribution in [0.1, 0.15) is 6.42 Å². The van der Waals surface area contributed by atoms with Crippen LogP contribution in [0.25, 0.3) is 0 Å². The number of nitrogens with zero attached hydrogens (tertiary/aromatic N) is 1. The summed E-state index contributed by atoms with van der Waals surface area (Å²) >= 11 is 3.25. The highest BCUT2D eigenvalue weighted by Crippen LogP contribution is 2.25. The van der Waals surface area contributed by atoms with Crippen molar-refractivity contribution in [1.29, 1.82) is 0 Å². The van der Waals surface area contributed by atoms with Crippen LogP contribution in [0.4, 0.5) is 4.39 Å². The van der Waals surface area contributed by atoms with E-state index >= 15 is 0 Å². The van der Waals surface area contributed by atoms with Crippen LogP contribution in [0.15, 0.2) is 22.7 Å². The first kappa shape index (κ1) is 12.5. The predicted molar refractivity (Wildman–Crippen MR) is 62.8 cm³/mol. The maximum atomic E-state index is 12.7. The number of rotatable bonds is 5. The molecule has 0 saturated heterocycles. The topological polar surface area (TPSA) is 12.5 Å². The Kier molecular flexibility index (Phi) is 5.05. The van der Waals surface area contributed by atoms with Gasteiger partial charge in [-0.15, -0.1) is 0 Å². The zero-order valence-electron chi connectivity index (χ0n) is 8.96. The third kappa shape index (κ3) is 4.62. The van der Waals surface area contributed by atoms with Crippen LogP contribution in [0.5, 0.6) is 5.75 Å². The molecular formula is C11H15BrFNO. The van der Waals surface area contributed by atoms with E-state index < -0.39 is 0 Å². The molecule has 0 spiro atoms. The average molecular weight is 276 g/mol. The molecule has 15 heavy (non-hydrogen) atoms. The summed E-state index contributed by atoms with van der Waals surface area (Å²) in [6.07, 6.45) is 0.955. The highest BCUT2D eigenvalue weighted by atomic mass is 79.9. The van der Waals surface area contributed by atoms with Gasteiger partial charge in [0.25, 0.3) is 0 Å². The molecule has 84 valence electrons. The van der Waals surface area contributed by atoms with E-state index in [0.29, 0.717) is 16.8 Å². The minimum atomic E-state index is -0.262. The zero-order valence-corrected chi connectivity index (χ0v) is 10.6. The quantitative estimate of drug-likeness (QED) is 0.767. The van der Waals surface area contributed by atoms with Crippen molar-refractivity contribution in [2.75, 3.05) is 27.2 Å². The van der Waals surface area contributed by atoms with Crippen LogP contribution in [0.3, 0.4) is 0 Å². The molecule has 0 aromatic heterocycles. The first-order valence-electron chi connectivity index (χ1n) is 4.82. The summed E-state index contributed by atoms with van der Waals surface area (Å²) in [5.74, 6) is 0.428. The lowest BCUT2D eigenvalue weighted by atomic mass is 10.3. The molecule has 1 aromatic rings. The van der Waals surface area contributed by atoms with Crippen molar-refractivity contribution in [2.24, 2.45) is 0 Å². The van der Waals surface area contributed by atoms with Gasteiger partial charge in [-0.3, -0.25) is 0 Å². The second-order valence-electron chi connectivity index (χ2n) is 3.58. The van der Waals surface area contributed by atoms with E-state index in [9.17, 15) is 4.39 Å². The third-order valence-electron chi connectivity index (χ3n) is 1.90. The van der Waals surface area contributed by atoms with Gasteiger partial charge in [0.2, 0.25) is 0 Å². The average Bonchev–Trinajstić information content (AvgIpc) is 2.14. The van der Waals surface area contributed by atoms with Crippen molar-refractivity contribution in [3.8, 4) is 5.75 Å². The van der Waals surface area contributed by atoms with E-state index in [4.69, 9.17) is 4.74 Å². The molecule has 0 atom stereocenters. The Hall–Kier alpha value is -0.610. The molecule has 0 aliphatic rings. The number of hydrogen-bond donors (Lipinski definition) is 0. The first-order valence-corrected chi connectivity index (χ1v) is 5.61. The summed E-state index contributed by atoms with van der Waals surface area (Å²) in [6.45, 7) is 1.63. The fourth-order valence-corrected chi connectivity index (χ4v) is 1.62. The van der Waals surface area contributed by atoms with Gasteiger partial charge in [-0.1, -0.05) is 0 Å². The van der Waals surface area contributed by atoms with Crippen LogP contribution < -0.4 is 4.74 Å². The molecule has 0 bridgehead atoms. The number of hydrogen-bond acceptors (Lipinski definition) is 2. The number of benzene rings is 1. The van der Waals surface area contributed by atoms with Gasteiger partial charge in [0, 0.05) is 6.54 Å². The molecule has 0 amide bonds. The first-order chi connectivity index (χ1) is 7.09. The summed E-state index contributed by atoms with van der Waals surface area (Å²) in [6, 6.07) is 4.43. The van der Waals surface area contributed by atoms with Gasteiger partial charge < -0.3 is 9.64 Å². The molecule has 0 N–H and O–H groups in total. The van der Waals surface area contributed by atoms with Crippen LogP contribution in [0.2, 0.25) is 0 Å². The van der Waals surface area contributed by atoms with E-state index in [2.05, 4.69) is 20.8 Å². The van der Waals surface area contributed by atoms with Gasteiger partial charge in [-0.2, -0.15) is 0 Å². The van der Waals surface area contributed by atoms with Crippen molar-refractivity contribution in [1.82, 2.24) is 4.90 Å². The predicted octanol–water partition coefficient (Wildman–Crippen LogP) is 2.92. The lowest BCUT2D eigenvalue weighted by Gasteiger charge is -2.11. The Labute approximate surface area is 98.2 Å². The van der Waals surface area contributed by atoms with E-state index in [1.807, 2.05) is 14.1 Å². The lowest BCUT2D eigenvalue weighted by molar-refractivity contribution is 0.280. The Morgan fingerprint density at radius 2 is 2.13 bits per heavy atom. The minimum absolute atomic E-state index is 0.262. The molecular weight excluding hydrogens is 261 g/mol. The van der Waals surface area contributed by atoms with Crippen molar-refractivity contribution >= 4 is 15.9 Å². The van der Waals surface area contributed by atoms with E-state index in [1.165, 1.54) is 12.1 Å². The molecule has 0 aliphatic heterocycles.